The minimum absolute atomic E-state index is 0.000585. The molecular weight excluding hydrogens is 340 g/mol. The van der Waals surface area contributed by atoms with E-state index in [-0.39, 0.29) is 29.2 Å². The quantitative estimate of drug-likeness (QED) is 0.888. The van der Waals surface area contributed by atoms with Crippen molar-refractivity contribution in [3.05, 3.63) is 34.9 Å². The predicted octanol–water partition coefficient (Wildman–Crippen LogP) is 3.35. The first kappa shape index (κ1) is 17.5. The summed E-state index contributed by atoms with van der Waals surface area (Å²) in [5, 5.41) is 3.50. The van der Waals surface area contributed by atoms with Gasteiger partial charge in [-0.3, -0.25) is 4.90 Å². The maximum absolute atomic E-state index is 13.2. The molecule has 5 heteroatoms. The molecule has 0 bridgehead atoms. The lowest BCUT2D eigenvalue weighted by Gasteiger charge is -2.35. The molecule has 2 unspecified atom stereocenters. The van der Waals surface area contributed by atoms with E-state index in [1.54, 1.807) is 12.0 Å². The lowest BCUT2D eigenvalue weighted by Crippen LogP contribution is -2.48. The molecule has 1 aromatic rings. The maximum Gasteiger partial charge on any atom is 0.320 e. The van der Waals surface area contributed by atoms with Gasteiger partial charge in [0.15, 0.2) is 0 Å². The average Bonchev–Trinajstić information content (AvgIpc) is 3.07. The van der Waals surface area contributed by atoms with Gasteiger partial charge >= 0.3 is 6.03 Å². The van der Waals surface area contributed by atoms with Crippen LogP contribution in [0.4, 0.5) is 4.79 Å². The minimum Gasteiger partial charge on any atom is -0.381 e. The van der Waals surface area contributed by atoms with Crippen molar-refractivity contribution in [2.45, 2.75) is 76.2 Å². The highest BCUT2D eigenvalue weighted by Gasteiger charge is 2.93. The van der Waals surface area contributed by atoms with Gasteiger partial charge in [-0.15, -0.1) is 0 Å². The Morgan fingerprint density at radius 1 is 1.41 bits per heavy atom. The molecule has 1 N–H and O–H groups in total. The second-order valence-electron chi connectivity index (χ2n) is 9.05. The molecule has 5 nitrogen and oxygen atoms in total. The molecule has 5 rings (SSSR count). The molecule has 4 aliphatic rings. The lowest BCUT2D eigenvalue weighted by molar-refractivity contribution is -0.0963. The van der Waals surface area contributed by atoms with Gasteiger partial charge in [-0.2, -0.15) is 0 Å². The highest BCUT2D eigenvalue weighted by atomic mass is 16.5. The average molecular weight is 370 g/mol. The number of aryl methyl sites for hydroxylation is 1. The summed E-state index contributed by atoms with van der Waals surface area (Å²) in [6.45, 7) is 6.62. The standard InChI is InChI=1S/C22H30N2O3/c1-5-15-6-7-16-11-20-9-8-17(26-4)12-21(20)22(20,18(16)10-15)23-19(25)24(13-27-21)14(2)3/h6-7,10,14,17H,5,8-9,11-13H2,1-4H3,(H,23,25)/t17-,20+,21?,22?/m1/s1. The molecule has 1 aromatic carbocycles. The van der Waals surface area contributed by atoms with Crippen LogP contribution in [0.1, 0.15) is 56.7 Å². The number of nitrogens with zero attached hydrogens (tertiary/aromatic N) is 1. The third-order valence-electron chi connectivity index (χ3n) is 7.88. The smallest absolute Gasteiger partial charge is 0.320 e. The van der Waals surface area contributed by atoms with Crippen LogP contribution in [0.15, 0.2) is 18.2 Å². The van der Waals surface area contributed by atoms with Crippen molar-refractivity contribution in [1.82, 2.24) is 10.2 Å². The summed E-state index contributed by atoms with van der Waals surface area (Å²) in [4.78, 5) is 15.0. The van der Waals surface area contributed by atoms with Crippen molar-refractivity contribution in [2.24, 2.45) is 5.41 Å². The SMILES string of the molecule is CCc1ccc2c(c1)C13NC(=O)N(C(C)C)COC14C[C@H](OC)CC[C@]43C2. The fourth-order valence-corrected chi connectivity index (χ4v) is 6.46. The molecule has 2 amide bonds. The van der Waals surface area contributed by atoms with E-state index in [1.807, 2.05) is 13.8 Å². The first-order chi connectivity index (χ1) is 12.9. The number of benzene rings is 1. The van der Waals surface area contributed by atoms with Gasteiger partial charge in [0.25, 0.3) is 0 Å². The van der Waals surface area contributed by atoms with Crippen LogP contribution in [0, 0.1) is 5.41 Å². The second-order valence-corrected chi connectivity index (χ2v) is 9.05. The van der Waals surface area contributed by atoms with E-state index in [0.717, 1.165) is 32.1 Å². The molecule has 3 fully saturated rings. The molecule has 27 heavy (non-hydrogen) atoms. The minimum atomic E-state index is -0.408. The Morgan fingerprint density at radius 2 is 2.22 bits per heavy atom. The van der Waals surface area contributed by atoms with E-state index < -0.39 is 5.54 Å². The number of ether oxygens (including phenoxy) is 2. The molecule has 1 saturated heterocycles. The summed E-state index contributed by atoms with van der Waals surface area (Å²) in [6.07, 6.45) is 5.09. The molecular formula is C22H30N2O3. The number of nitrogens with one attached hydrogen (secondary N) is 1. The van der Waals surface area contributed by atoms with Crippen molar-refractivity contribution in [2.75, 3.05) is 13.8 Å². The summed E-state index contributed by atoms with van der Waals surface area (Å²) in [5.41, 5.74) is 3.20. The maximum atomic E-state index is 13.2. The number of urea groups is 1. The lowest BCUT2D eigenvalue weighted by atomic mass is 9.81. The molecule has 3 spiro atoms. The number of carbonyl (C=O) groups is 1. The number of fused-ring (bicyclic) bond motifs is 1. The van der Waals surface area contributed by atoms with Gasteiger partial charge in [0.2, 0.25) is 0 Å². The van der Waals surface area contributed by atoms with Crippen LogP contribution in [0.3, 0.4) is 0 Å². The van der Waals surface area contributed by atoms with Gasteiger partial charge in [-0.1, -0.05) is 25.1 Å². The second kappa shape index (κ2) is 5.48. The number of rotatable bonds is 3. The third-order valence-corrected chi connectivity index (χ3v) is 7.88. The van der Waals surface area contributed by atoms with Crippen molar-refractivity contribution >= 4 is 6.03 Å². The Kier molecular flexibility index (Phi) is 3.55. The Labute approximate surface area is 161 Å². The van der Waals surface area contributed by atoms with E-state index in [2.05, 4.69) is 30.4 Å². The zero-order chi connectivity index (χ0) is 19.0. The van der Waals surface area contributed by atoms with E-state index in [9.17, 15) is 4.79 Å². The van der Waals surface area contributed by atoms with E-state index in [4.69, 9.17) is 9.47 Å². The molecule has 3 aliphatic carbocycles. The molecule has 1 aliphatic heterocycles. The monoisotopic (exact) mass is 370 g/mol. The van der Waals surface area contributed by atoms with Crippen LogP contribution >= 0.6 is 0 Å². The fourth-order valence-electron chi connectivity index (χ4n) is 6.46. The Balaban J connectivity index is 1.67. The predicted molar refractivity (Wildman–Crippen MR) is 102 cm³/mol. The number of hydrogen-bond donors (Lipinski definition) is 1. The van der Waals surface area contributed by atoms with Crippen molar-refractivity contribution in [3.63, 3.8) is 0 Å². The third kappa shape index (κ3) is 1.85. The summed E-state index contributed by atoms with van der Waals surface area (Å²) in [7, 11) is 1.79. The fraction of sp³-hybridized carbons (Fsp3) is 0.682. The first-order valence-corrected chi connectivity index (χ1v) is 10.3. The van der Waals surface area contributed by atoms with Crippen molar-refractivity contribution in [1.29, 1.82) is 0 Å². The summed E-state index contributed by atoms with van der Waals surface area (Å²) >= 11 is 0. The highest BCUT2D eigenvalue weighted by molar-refractivity contribution is 5.80. The van der Waals surface area contributed by atoms with Crippen LogP contribution in [-0.2, 0) is 27.9 Å². The Bertz CT molecular complexity index is 809. The number of amides is 2. The van der Waals surface area contributed by atoms with Crippen LogP contribution in [0.2, 0.25) is 0 Å². The topological polar surface area (TPSA) is 50.8 Å². The number of carbonyl (C=O) groups excluding carboxylic acids is 1. The zero-order valence-electron chi connectivity index (χ0n) is 16.8. The largest absolute Gasteiger partial charge is 0.381 e. The number of hydrogen-bond acceptors (Lipinski definition) is 3. The van der Waals surface area contributed by atoms with E-state index in [1.165, 1.54) is 16.7 Å². The molecule has 1 heterocycles. The van der Waals surface area contributed by atoms with Gasteiger partial charge in [0.05, 0.1) is 6.10 Å². The molecule has 0 aromatic heterocycles. The zero-order valence-corrected chi connectivity index (χ0v) is 16.8. The Morgan fingerprint density at radius 3 is 2.93 bits per heavy atom. The van der Waals surface area contributed by atoms with Gasteiger partial charge in [-0.05, 0) is 56.2 Å². The molecule has 146 valence electrons. The van der Waals surface area contributed by atoms with E-state index >= 15 is 0 Å². The van der Waals surface area contributed by atoms with E-state index in [0.29, 0.717) is 6.73 Å². The Hall–Kier alpha value is -1.59. The van der Waals surface area contributed by atoms with Crippen molar-refractivity contribution in [3.8, 4) is 0 Å². The highest BCUT2D eigenvalue weighted by Crippen LogP contribution is 2.83. The molecule has 0 radical (unpaired) electrons. The van der Waals surface area contributed by atoms with Crippen LogP contribution in [-0.4, -0.2) is 42.5 Å². The van der Waals surface area contributed by atoms with Crippen LogP contribution in [0.5, 0.6) is 0 Å². The summed E-state index contributed by atoms with van der Waals surface area (Å²) in [5.74, 6) is 0. The van der Waals surface area contributed by atoms with Gasteiger partial charge < -0.3 is 14.8 Å². The molecule has 2 saturated carbocycles. The van der Waals surface area contributed by atoms with Gasteiger partial charge in [-0.25, -0.2) is 4.79 Å². The molecule has 4 atom stereocenters. The normalized spacial score (nSPS) is 39.2. The first-order valence-electron chi connectivity index (χ1n) is 10.3. The van der Waals surface area contributed by atoms with Gasteiger partial charge in [0.1, 0.15) is 17.9 Å². The van der Waals surface area contributed by atoms with Crippen LogP contribution < -0.4 is 5.32 Å². The number of methoxy groups -OCH3 is 1. The summed E-state index contributed by atoms with van der Waals surface area (Å²) in [6, 6.07) is 6.93. The summed E-state index contributed by atoms with van der Waals surface area (Å²) < 4.78 is 12.4. The van der Waals surface area contributed by atoms with Gasteiger partial charge in [0, 0.05) is 25.0 Å². The van der Waals surface area contributed by atoms with Crippen molar-refractivity contribution < 1.29 is 14.3 Å². The van der Waals surface area contributed by atoms with Crippen LogP contribution in [0.25, 0.3) is 0 Å².